The second-order valence-corrected chi connectivity index (χ2v) is 11.4. The van der Waals surface area contributed by atoms with E-state index in [1.165, 1.54) is 12.8 Å². The summed E-state index contributed by atoms with van der Waals surface area (Å²) in [5, 5.41) is 8.21. The summed E-state index contributed by atoms with van der Waals surface area (Å²) < 4.78 is 5.50. The van der Waals surface area contributed by atoms with Crippen molar-refractivity contribution < 1.29 is 9.21 Å². The number of hydrogen-bond acceptors (Lipinski definition) is 6. The van der Waals surface area contributed by atoms with Gasteiger partial charge in [-0.25, -0.2) is 4.98 Å². The van der Waals surface area contributed by atoms with E-state index in [1.54, 1.807) is 6.26 Å². The van der Waals surface area contributed by atoms with Crippen molar-refractivity contribution in [3.05, 3.63) is 77.0 Å². The summed E-state index contributed by atoms with van der Waals surface area (Å²) in [7, 11) is 0. The van der Waals surface area contributed by atoms with Crippen molar-refractivity contribution in [2.45, 2.75) is 64.1 Å². The lowest BCUT2D eigenvalue weighted by atomic mass is 9.94. The Kier molecular flexibility index (Phi) is 5.34. The monoisotopic (exact) mass is 507 g/mol. The minimum Gasteiger partial charge on any atom is -0.449 e. The number of benzene rings is 2. The van der Waals surface area contributed by atoms with Crippen molar-refractivity contribution in [1.82, 2.24) is 20.6 Å². The molecule has 38 heavy (non-hydrogen) atoms. The molecule has 2 bridgehead atoms. The molecular weight excluding hydrogens is 474 g/mol. The molecule has 2 saturated heterocycles. The molecular formula is C31H33N5O2. The van der Waals surface area contributed by atoms with Crippen LogP contribution in [0.3, 0.4) is 0 Å². The zero-order valence-electron chi connectivity index (χ0n) is 22.2. The minimum absolute atomic E-state index is 0.0177. The van der Waals surface area contributed by atoms with Crippen LogP contribution in [0.15, 0.2) is 53.1 Å². The Balaban J connectivity index is 1.23. The molecule has 2 aromatic carbocycles. The molecule has 3 aliphatic rings. The van der Waals surface area contributed by atoms with Gasteiger partial charge in [-0.1, -0.05) is 12.1 Å². The van der Waals surface area contributed by atoms with E-state index >= 15 is 0 Å². The molecule has 0 spiro atoms. The van der Waals surface area contributed by atoms with Crippen LogP contribution in [0.25, 0.3) is 22.2 Å². The number of pyridine rings is 1. The number of carbonyl (C=O) groups excluding carboxylic acids is 1. The van der Waals surface area contributed by atoms with Crippen LogP contribution in [-0.4, -0.2) is 41.0 Å². The smallest absolute Gasteiger partial charge is 0.252 e. The normalized spacial score (nSPS) is 21.6. The molecule has 1 saturated carbocycles. The molecule has 2 N–H and O–H groups in total. The number of oxazole rings is 1. The molecule has 1 amide bonds. The second kappa shape index (κ2) is 8.67. The zero-order chi connectivity index (χ0) is 26.0. The van der Waals surface area contributed by atoms with Gasteiger partial charge in [0, 0.05) is 60.0 Å². The van der Waals surface area contributed by atoms with Crippen LogP contribution in [0.2, 0.25) is 0 Å². The van der Waals surface area contributed by atoms with Gasteiger partial charge in [0.1, 0.15) is 12.0 Å². The maximum absolute atomic E-state index is 13.8. The summed E-state index contributed by atoms with van der Waals surface area (Å²) in [6.45, 7) is 7.86. The van der Waals surface area contributed by atoms with Gasteiger partial charge in [-0.2, -0.15) is 0 Å². The lowest BCUT2D eigenvalue weighted by molar-refractivity contribution is 0.0930. The number of hydrogen-bond donors (Lipinski definition) is 2. The van der Waals surface area contributed by atoms with E-state index in [1.807, 2.05) is 26.8 Å². The van der Waals surface area contributed by atoms with Crippen molar-refractivity contribution in [1.29, 1.82) is 0 Å². The van der Waals surface area contributed by atoms with Gasteiger partial charge in [-0.15, -0.1) is 0 Å². The van der Waals surface area contributed by atoms with Crippen molar-refractivity contribution in [2.24, 2.45) is 0 Å². The van der Waals surface area contributed by atoms with Crippen LogP contribution < -0.4 is 15.5 Å². The lowest BCUT2D eigenvalue weighted by Gasteiger charge is -2.35. The quantitative estimate of drug-likeness (QED) is 0.388. The number of rotatable bonds is 5. The van der Waals surface area contributed by atoms with Gasteiger partial charge >= 0.3 is 0 Å². The Morgan fingerprint density at radius 2 is 1.82 bits per heavy atom. The Morgan fingerprint density at radius 3 is 2.53 bits per heavy atom. The molecule has 2 unspecified atom stereocenters. The van der Waals surface area contributed by atoms with Gasteiger partial charge in [0.2, 0.25) is 0 Å². The number of anilines is 1. The predicted octanol–water partition coefficient (Wildman–Crippen LogP) is 5.17. The minimum atomic E-state index is -0.419. The van der Waals surface area contributed by atoms with Crippen LogP contribution in [0.4, 0.5) is 5.69 Å². The maximum atomic E-state index is 13.8. The highest BCUT2D eigenvalue weighted by Gasteiger charge is 2.47. The summed E-state index contributed by atoms with van der Waals surface area (Å²) in [6.07, 6.45) is 5.94. The topological polar surface area (TPSA) is 83.3 Å². The number of aromatic nitrogens is 2. The third-order valence-electron chi connectivity index (χ3n) is 8.53. The Hall–Kier alpha value is -3.71. The third kappa shape index (κ3) is 4.06. The highest BCUT2D eigenvalue weighted by molar-refractivity contribution is 5.98. The van der Waals surface area contributed by atoms with Crippen molar-refractivity contribution in [2.75, 3.05) is 18.0 Å². The van der Waals surface area contributed by atoms with Crippen LogP contribution in [0.1, 0.15) is 58.8 Å². The van der Waals surface area contributed by atoms with Crippen LogP contribution in [-0.2, 0) is 5.54 Å². The second-order valence-electron chi connectivity index (χ2n) is 11.4. The first-order valence-corrected chi connectivity index (χ1v) is 13.7. The number of amides is 1. The van der Waals surface area contributed by atoms with Crippen LogP contribution >= 0.6 is 0 Å². The first-order valence-electron chi connectivity index (χ1n) is 13.7. The van der Waals surface area contributed by atoms with Gasteiger partial charge in [0.25, 0.3) is 5.91 Å². The summed E-state index contributed by atoms with van der Waals surface area (Å²) >= 11 is 0. The van der Waals surface area contributed by atoms with E-state index in [9.17, 15) is 4.79 Å². The SMILES string of the molecule is Cc1ccc2c(C3(NC(=O)c4cc(N5CC6CCC(C5)N6)ccc4C)CC3)cc(-c3coc(C)n3)cc2n1. The largest absolute Gasteiger partial charge is 0.449 e. The molecule has 4 aromatic rings. The zero-order valence-corrected chi connectivity index (χ0v) is 22.2. The van der Waals surface area contributed by atoms with Gasteiger partial charge in [-0.05, 0) is 81.0 Å². The van der Waals surface area contributed by atoms with Gasteiger partial charge < -0.3 is 20.0 Å². The van der Waals surface area contributed by atoms with Crippen molar-refractivity contribution in [3.63, 3.8) is 0 Å². The van der Waals surface area contributed by atoms with E-state index in [4.69, 9.17) is 9.40 Å². The number of aryl methyl sites for hydroxylation is 3. The van der Waals surface area contributed by atoms with E-state index in [0.717, 1.165) is 76.2 Å². The molecule has 1 aliphatic carbocycles. The lowest BCUT2D eigenvalue weighted by Crippen LogP contribution is -2.51. The Morgan fingerprint density at radius 1 is 1.03 bits per heavy atom. The molecule has 7 nitrogen and oxygen atoms in total. The molecule has 194 valence electrons. The molecule has 3 fully saturated rings. The van der Waals surface area contributed by atoms with E-state index in [0.29, 0.717) is 18.0 Å². The molecule has 7 heteroatoms. The highest BCUT2D eigenvalue weighted by Crippen LogP contribution is 2.49. The number of fused-ring (bicyclic) bond motifs is 3. The van der Waals surface area contributed by atoms with Gasteiger partial charge in [0.05, 0.1) is 11.1 Å². The fraction of sp³-hybridized carbons (Fsp3) is 0.387. The van der Waals surface area contributed by atoms with Crippen molar-refractivity contribution in [3.8, 4) is 11.3 Å². The average Bonchev–Trinajstić information content (AvgIpc) is 3.42. The average molecular weight is 508 g/mol. The highest BCUT2D eigenvalue weighted by atomic mass is 16.3. The molecule has 2 aromatic heterocycles. The van der Waals surface area contributed by atoms with Crippen LogP contribution in [0.5, 0.6) is 0 Å². The first-order chi connectivity index (χ1) is 18.4. The first kappa shape index (κ1) is 23.4. The molecule has 4 heterocycles. The van der Waals surface area contributed by atoms with Gasteiger partial charge in [-0.3, -0.25) is 9.78 Å². The fourth-order valence-electron chi connectivity index (χ4n) is 6.31. The molecule has 2 atom stereocenters. The van der Waals surface area contributed by atoms with Crippen LogP contribution in [0, 0.1) is 20.8 Å². The summed E-state index contributed by atoms with van der Waals surface area (Å²) in [5.41, 5.74) is 7.16. The van der Waals surface area contributed by atoms with E-state index in [2.05, 4.69) is 56.9 Å². The number of nitrogens with zero attached hydrogens (tertiary/aromatic N) is 3. The summed E-state index contributed by atoms with van der Waals surface area (Å²) in [4.78, 5) is 25.6. The predicted molar refractivity (Wildman–Crippen MR) is 148 cm³/mol. The molecule has 7 rings (SSSR count). The summed E-state index contributed by atoms with van der Waals surface area (Å²) in [6, 6.07) is 15.8. The standard InChI is InChI=1S/C31H33N5O2/c1-18-4-8-24(36-15-22-6-7-23(16-36)34-22)14-26(18)30(37)35-31(10-11-31)27-12-21(29-17-38-20(3)33-29)13-28-25(27)9-5-19(2)32-28/h4-5,8-9,12-14,17,22-23,34H,6-7,10-11,15-16H2,1-3H3,(H,35,37). The Labute approximate surface area is 222 Å². The van der Waals surface area contributed by atoms with E-state index < -0.39 is 5.54 Å². The fourth-order valence-corrected chi connectivity index (χ4v) is 6.31. The molecule has 0 radical (unpaired) electrons. The van der Waals surface area contributed by atoms with Gasteiger partial charge in [0.15, 0.2) is 5.89 Å². The third-order valence-corrected chi connectivity index (χ3v) is 8.53. The Bertz CT molecular complexity index is 1560. The van der Waals surface area contributed by atoms with E-state index in [-0.39, 0.29) is 5.91 Å². The molecule has 2 aliphatic heterocycles. The van der Waals surface area contributed by atoms with Crippen molar-refractivity contribution >= 4 is 22.5 Å². The number of piperazine rings is 1. The summed E-state index contributed by atoms with van der Waals surface area (Å²) in [5.74, 6) is 0.608. The number of carbonyl (C=O) groups is 1. The maximum Gasteiger partial charge on any atom is 0.252 e. The number of nitrogens with one attached hydrogen (secondary N) is 2.